The molecule has 1 unspecified atom stereocenters. The number of aromatic nitrogens is 2. The Kier molecular flexibility index (Phi) is 6.21. The van der Waals surface area contributed by atoms with E-state index >= 15 is 0 Å². The molecule has 2 heterocycles. The van der Waals surface area contributed by atoms with Crippen molar-refractivity contribution in [2.75, 3.05) is 19.6 Å². The summed E-state index contributed by atoms with van der Waals surface area (Å²) in [5.74, 6) is 1.06. The standard InChI is InChI=1S/C25H30N4O3S/c30-24(13-14-26-33(31,32)21-12-11-18-6-1-2-7-19(18)16-21)29-15-5-8-20(17-29)25-27-22-9-3-4-10-23(22)28-25/h3-4,9-12,16,20,26H,1-2,5-8,13-15,17H2,(H,27,28). The molecule has 1 saturated heterocycles. The molecule has 8 heteroatoms. The first-order valence-corrected chi connectivity index (χ1v) is 13.3. The predicted molar refractivity (Wildman–Crippen MR) is 128 cm³/mol. The van der Waals surface area contributed by atoms with E-state index in [1.165, 1.54) is 5.56 Å². The lowest BCUT2D eigenvalue weighted by Gasteiger charge is -2.32. The number of piperidine rings is 1. The number of para-hydroxylation sites is 2. The van der Waals surface area contributed by atoms with Gasteiger partial charge in [-0.05, 0) is 73.9 Å². The first-order valence-electron chi connectivity index (χ1n) is 11.8. The Balaban J connectivity index is 1.17. The van der Waals surface area contributed by atoms with Crippen molar-refractivity contribution in [3.63, 3.8) is 0 Å². The van der Waals surface area contributed by atoms with Crippen LogP contribution in [0.2, 0.25) is 0 Å². The van der Waals surface area contributed by atoms with Gasteiger partial charge in [0.15, 0.2) is 0 Å². The lowest BCUT2D eigenvalue weighted by atomic mass is 9.92. The van der Waals surface area contributed by atoms with Gasteiger partial charge in [-0.15, -0.1) is 0 Å². The number of hydrogen-bond acceptors (Lipinski definition) is 4. The highest BCUT2D eigenvalue weighted by atomic mass is 32.2. The molecule has 33 heavy (non-hydrogen) atoms. The van der Waals surface area contributed by atoms with Crippen molar-refractivity contribution in [3.05, 3.63) is 59.4 Å². The summed E-state index contributed by atoms with van der Waals surface area (Å²) in [6.07, 6.45) is 6.25. The minimum Gasteiger partial charge on any atom is -0.342 e. The third-order valence-corrected chi connectivity index (χ3v) is 8.29. The van der Waals surface area contributed by atoms with Gasteiger partial charge in [0.1, 0.15) is 5.82 Å². The summed E-state index contributed by atoms with van der Waals surface area (Å²) in [7, 11) is -3.62. The van der Waals surface area contributed by atoms with Crippen LogP contribution in [0.15, 0.2) is 47.4 Å². The topological polar surface area (TPSA) is 95.2 Å². The molecular formula is C25H30N4O3S. The number of carbonyl (C=O) groups excluding carboxylic acids is 1. The summed E-state index contributed by atoms with van der Waals surface area (Å²) in [5, 5.41) is 0. The van der Waals surface area contributed by atoms with Crippen LogP contribution in [-0.4, -0.2) is 48.8 Å². The van der Waals surface area contributed by atoms with E-state index in [2.05, 4.69) is 9.71 Å². The molecule has 1 amide bonds. The van der Waals surface area contributed by atoms with Crippen molar-refractivity contribution >= 4 is 27.0 Å². The lowest BCUT2D eigenvalue weighted by Crippen LogP contribution is -2.40. The number of aromatic amines is 1. The third kappa shape index (κ3) is 4.82. The van der Waals surface area contributed by atoms with Gasteiger partial charge in [-0.25, -0.2) is 18.1 Å². The maximum atomic E-state index is 12.8. The van der Waals surface area contributed by atoms with Gasteiger partial charge in [0.25, 0.3) is 0 Å². The smallest absolute Gasteiger partial charge is 0.240 e. The minimum atomic E-state index is -3.62. The van der Waals surface area contributed by atoms with Gasteiger partial charge >= 0.3 is 0 Å². The van der Waals surface area contributed by atoms with E-state index in [0.29, 0.717) is 18.0 Å². The fourth-order valence-electron chi connectivity index (χ4n) is 5.00. The minimum absolute atomic E-state index is 0.0241. The number of carbonyl (C=O) groups is 1. The van der Waals surface area contributed by atoms with Gasteiger partial charge in [-0.1, -0.05) is 18.2 Å². The Bertz CT molecular complexity index is 1230. The Hall–Kier alpha value is -2.71. The van der Waals surface area contributed by atoms with E-state index in [1.54, 1.807) is 12.1 Å². The molecule has 2 aromatic carbocycles. The van der Waals surface area contributed by atoms with Crippen molar-refractivity contribution < 1.29 is 13.2 Å². The number of aryl methyl sites for hydroxylation is 2. The normalized spacial score (nSPS) is 18.9. The largest absolute Gasteiger partial charge is 0.342 e. The van der Waals surface area contributed by atoms with Crippen LogP contribution >= 0.6 is 0 Å². The average Bonchev–Trinajstić information content (AvgIpc) is 3.28. The van der Waals surface area contributed by atoms with Crippen LogP contribution in [0.5, 0.6) is 0 Å². The van der Waals surface area contributed by atoms with Crippen molar-refractivity contribution in [1.82, 2.24) is 19.6 Å². The van der Waals surface area contributed by atoms with E-state index < -0.39 is 10.0 Å². The van der Waals surface area contributed by atoms with Crippen LogP contribution in [0, 0.1) is 0 Å². The molecule has 0 bridgehead atoms. The van der Waals surface area contributed by atoms with E-state index in [9.17, 15) is 13.2 Å². The maximum absolute atomic E-state index is 12.8. The Labute approximate surface area is 194 Å². The van der Waals surface area contributed by atoms with Crippen molar-refractivity contribution in [2.24, 2.45) is 0 Å². The number of benzene rings is 2. The molecule has 1 atom stereocenters. The van der Waals surface area contributed by atoms with E-state index in [1.807, 2.05) is 35.2 Å². The predicted octanol–water partition coefficient (Wildman–Crippen LogP) is 3.52. The van der Waals surface area contributed by atoms with Gasteiger partial charge < -0.3 is 9.88 Å². The Morgan fingerprint density at radius 3 is 2.76 bits per heavy atom. The van der Waals surface area contributed by atoms with Crippen LogP contribution in [0.4, 0.5) is 0 Å². The van der Waals surface area contributed by atoms with Gasteiger partial charge in [-0.2, -0.15) is 0 Å². The van der Waals surface area contributed by atoms with Crippen LogP contribution in [0.25, 0.3) is 11.0 Å². The highest BCUT2D eigenvalue weighted by molar-refractivity contribution is 7.89. The zero-order valence-corrected chi connectivity index (χ0v) is 19.5. The molecule has 1 fully saturated rings. The molecule has 2 N–H and O–H groups in total. The average molecular weight is 467 g/mol. The van der Waals surface area contributed by atoms with Crippen molar-refractivity contribution in [3.8, 4) is 0 Å². The highest BCUT2D eigenvalue weighted by Crippen LogP contribution is 2.27. The number of H-pyrrole nitrogens is 1. The molecule has 1 aliphatic heterocycles. The van der Waals surface area contributed by atoms with Crippen LogP contribution in [0.1, 0.15) is 55.0 Å². The number of nitrogens with zero attached hydrogens (tertiary/aromatic N) is 2. The molecule has 0 saturated carbocycles. The molecule has 5 rings (SSSR count). The molecule has 2 aliphatic rings. The molecule has 7 nitrogen and oxygen atoms in total. The second-order valence-electron chi connectivity index (χ2n) is 9.10. The number of rotatable bonds is 6. The fraction of sp³-hybridized carbons (Fsp3) is 0.440. The Morgan fingerprint density at radius 1 is 1.09 bits per heavy atom. The number of fused-ring (bicyclic) bond motifs is 2. The summed E-state index contributed by atoms with van der Waals surface area (Å²) >= 11 is 0. The van der Waals surface area contributed by atoms with Gasteiger partial charge in [-0.3, -0.25) is 4.79 Å². The zero-order valence-electron chi connectivity index (χ0n) is 18.7. The molecule has 1 aliphatic carbocycles. The number of amides is 1. The Morgan fingerprint density at radius 2 is 1.91 bits per heavy atom. The summed E-state index contributed by atoms with van der Waals surface area (Å²) in [6, 6.07) is 13.3. The second kappa shape index (κ2) is 9.27. The maximum Gasteiger partial charge on any atom is 0.240 e. The fourth-order valence-corrected chi connectivity index (χ4v) is 6.09. The molecule has 0 radical (unpaired) electrons. The van der Waals surface area contributed by atoms with Gasteiger partial charge in [0.05, 0.1) is 15.9 Å². The zero-order chi connectivity index (χ0) is 22.8. The van der Waals surface area contributed by atoms with Crippen molar-refractivity contribution in [2.45, 2.75) is 55.8 Å². The van der Waals surface area contributed by atoms with Crippen molar-refractivity contribution in [1.29, 1.82) is 0 Å². The SMILES string of the molecule is O=C(CCNS(=O)(=O)c1ccc2c(c1)CCCC2)N1CCCC(c2nc3ccccc3[nH]2)C1. The molecule has 1 aromatic heterocycles. The quantitative estimate of drug-likeness (QED) is 0.581. The monoisotopic (exact) mass is 466 g/mol. The number of likely N-dealkylation sites (tertiary alicyclic amines) is 1. The van der Waals surface area contributed by atoms with E-state index in [0.717, 1.165) is 60.9 Å². The van der Waals surface area contributed by atoms with Gasteiger partial charge in [0, 0.05) is 32.0 Å². The van der Waals surface area contributed by atoms with Crippen LogP contribution in [-0.2, 0) is 27.7 Å². The third-order valence-electron chi connectivity index (χ3n) is 6.83. The second-order valence-corrected chi connectivity index (χ2v) is 10.9. The number of imidazole rings is 1. The van der Waals surface area contributed by atoms with E-state index in [4.69, 9.17) is 4.98 Å². The van der Waals surface area contributed by atoms with Crippen LogP contribution < -0.4 is 4.72 Å². The number of nitrogens with one attached hydrogen (secondary N) is 2. The first kappa shape index (κ1) is 22.1. The summed E-state index contributed by atoms with van der Waals surface area (Å²) < 4.78 is 28.1. The lowest BCUT2D eigenvalue weighted by molar-refractivity contribution is -0.132. The molecule has 0 spiro atoms. The summed E-state index contributed by atoms with van der Waals surface area (Å²) in [6.45, 7) is 1.41. The number of hydrogen-bond donors (Lipinski definition) is 2. The van der Waals surface area contributed by atoms with Crippen LogP contribution in [0.3, 0.4) is 0 Å². The number of sulfonamides is 1. The van der Waals surface area contributed by atoms with Gasteiger partial charge in [0.2, 0.25) is 15.9 Å². The summed E-state index contributed by atoms with van der Waals surface area (Å²) in [4.78, 5) is 23.0. The first-order chi connectivity index (χ1) is 16.0. The summed E-state index contributed by atoms with van der Waals surface area (Å²) in [5.41, 5.74) is 4.32. The molecule has 174 valence electrons. The highest BCUT2D eigenvalue weighted by Gasteiger charge is 2.27. The molecular weight excluding hydrogens is 436 g/mol. The van der Waals surface area contributed by atoms with E-state index in [-0.39, 0.29) is 24.8 Å². The molecule has 3 aromatic rings.